The average Bonchev–Trinajstić information content (AvgIpc) is 2.61. The first-order valence-electron chi connectivity index (χ1n) is 8.57. The van der Waals surface area contributed by atoms with Gasteiger partial charge in [-0.1, -0.05) is 6.07 Å². The number of aliphatic imine (C=N–C) groups is 1. The van der Waals surface area contributed by atoms with Crippen molar-refractivity contribution in [2.24, 2.45) is 10.7 Å². The molecule has 4 N–H and O–H groups in total. The number of fused-ring (bicyclic) bond motifs is 1. The lowest BCUT2D eigenvalue weighted by Gasteiger charge is -2.19. The van der Waals surface area contributed by atoms with Gasteiger partial charge in [0, 0.05) is 11.3 Å². The van der Waals surface area contributed by atoms with Crippen molar-refractivity contribution in [3.63, 3.8) is 0 Å². The Kier molecular flexibility index (Phi) is 7.39. The molecule has 0 heterocycles. The summed E-state index contributed by atoms with van der Waals surface area (Å²) in [5, 5.41) is 13.0. The molecule has 5 nitrogen and oxygen atoms in total. The third kappa shape index (κ3) is 5.91. The summed E-state index contributed by atoms with van der Waals surface area (Å²) in [6, 6.07) is 8.81. The summed E-state index contributed by atoms with van der Waals surface area (Å²) >= 11 is 0. The molecule has 28 heavy (non-hydrogen) atoms. The van der Waals surface area contributed by atoms with Crippen LogP contribution < -0.4 is 15.8 Å². The highest BCUT2D eigenvalue weighted by Crippen LogP contribution is 2.31. The van der Waals surface area contributed by atoms with Crippen LogP contribution in [-0.2, 0) is 19.4 Å². The van der Waals surface area contributed by atoms with E-state index in [2.05, 4.69) is 15.0 Å². The molecular weight excluding hydrogens is 486 g/mol. The number of benzene rings is 2. The van der Waals surface area contributed by atoms with Crippen LogP contribution in [-0.4, -0.2) is 17.4 Å². The average molecular weight is 507 g/mol. The molecule has 0 unspecified atom stereocenters. The van der Waals surface area contributed by atoms with Gasteiger partial charge in [-0.25, -0.2) is 4.99 Å². The van der Waals surface area contributed by atoms with Gasteiger partial charge < -0.3 is 20.9 Å². The number of aryl methyl sites for hydroxylation is 1. The number of phenols is 1. The minimum atomic E-state index is -4.73. The minimum Gasteiger partial charge on any atom is -0.508 e. The van der Waals surface area contributed by atoms with Gasteiger partial charge in [-0.3, -0.25) is 0 Å². The van der Waals surface area contributed by atoms with Crippen LogP contribution in [0.2, 0.25) is 0 Å². The number of anilines is 1. The van der Waals surface area contributed by atoms with Crippen LogP contribution in [0.25, 0.3) is 0 Å². The first kappa shape index (κ1) is 22.1. The van der Waals surface area contributed by atoms with E-state index in [4.69, 9.17) is 5.73 Å². The Morgan fingerprint density at radius 1 is 1.11 bits per heavy atom. The zero-order valence-corrected chi connectivity index (χ0v) is 17.3. The van der Waals surface area contributed by atoms with Crippen molar-refractivity contribution in [1.29, 1.82) is 0 Å². The summed E-state index contributed by atoms with van der Waals surface area (Å²) in [6.45, 7) is 0.225. The number of rotatable bonds is 4. The number of hydrogen-bond acceptors (Lipinski definition) is 3. The van der Waals surface area contributed by atoms with E-state index < -0.39 is 6.36 Å². The molecule has 0 aromatic heterocycles. The van der Waals surface area contributed by atoms with E-state index in [0.717, 1.165) is 36.8 Å². The fraction of sp³-hybridized carbons (Fsp3) is 0.316. The van der Waals surface area contributed by atoms with Crippen LogP contribution in [0.15, 0.2) is 41.4 Å². The zero-order chi connectivity index (χ0) is 19.4. The third-order valence-electron chi connectivity index (χ3n) is 4.39. The second-order valence-corrected chi connectivity index (χ2v) is 6.31. The summed E-state index contributed by atoms with van der Waals surface area (Å²) in [6.07, 6.45) is -0.618. The molecule has 2 aromatic rings. The lowest BCUT2D eigenvalue weighted by molar-refractivity contribution is -0.274. The number of alkyl halides is 3. The van der Waals surface area contributed by atoms with Gasteiger partial charge in [-0.2, -0.15) is 0 Å². The summed E-state index contributed by atoms with van der Waals surface area (Å²) in [5.41, 5.74) is 9.48. The number of phenolic OH excluding ortho intramolecular Hbond substituents is 1. The minimum absolute atomic E-state index is 0. The lowest BCUT2D eigenvalue weighted by Crippen LogP contribution is -2.23. The molecule has 0 atom stereocenters. The molecule has 0 bridgehead atoms. The van der Waals surface area contributed by atoms with Gasteiger partial charge in [0.05, 0.1) is 6.54 Å². The molecule has 0 radical (unpaired) electrons. The second-order valence-electron chi connectivity index (χ2n) is 6.31. The van der Waals surface area contributed by atoms with Gasteiger partial charge >= 0.3 is 6.36 Å². The molecule has 0 spiro atoms. The first-order chi connectivity index (χ1) is 12.8. The van der Waals surface area contributed by atoms with Crippen molar-refractivity contribution in [3.8, 4) is 11.5 Å². The topological polar surface area (TPSA) is 79.9 Å². The molecule has 1 aliphatic carbocycles. The van der Waals surface area contributed by atoms with Crippen molar-refractivity contribution < 1.29 is 23.0 Å². The number of ether oxygens (including phenoxy) is 1. The molecule has 1 aliphatic rings. The Bertz CT molecular complexity index is 840. The Labute approximate surface area is 177 Å². The normalized spacial score (nSPS) is 14.0. The van der Waals surface area contributed by atoms with E-state index in [0.29, 0.717) is 5.69 Å². The van der Waals surface area contributed by atoms with Gasteiger partial charge in [-0.15, -0.1) is 37.1 Å². The Balaban J connectivity index is 0.00000280. The van der Waals surface area contributed by atoms with Crippen molar-refractivity contribution >= 4 is 35.6 Å². The predicted molar refractivity (Wildman–Crippen MR) is 112 cm³/mol. The number of nitrogens with one attached hydrogen (secondary N) is 1. The molecule has 9 heteroatoms. The molecule has 152 valence electrons. The van der Waals surface area contributed by atoms with Gasteiger partial charge in [0.15, 0.2) is 5.96 Å². The molecular formula is C19H21F3IN3O2. The highest BCUT2D eigenvalue weighted by molar-refractivity contribution is 14.0. The van der Waals surface area contributed by atoms with E-state index >= 15 is 0 Å². The van der Waals surface area contributed by atoms with Gasteiger partial charge in [0.25, 0.3) is 0 Å². The largest absolute Gasteiger partial charge is 0.573 e. The number of guanidine groups is 1. The van der Waals surface area contributed by atoms with Crippen LogP contribution >= 0.6 is 24.0 Å². The molecule has 2 aromatic carbocycles. The smallest absolute Gasteiger partial charge is 0.508 e. The van der Waals surface area contributed by atoms with Crippen LogP contribution in [0, 0.1) is 0 Å². The quantitative estimate of drug-likeness (QED) is 0.318. The van der Waals surface area contributed by atoms with Crippen molar-refractivity contribution in [2.45, 2.75) is 38.6 Å². The molecule has 0 saturated heterocycles. The molecule has 3 rings (SSSR count). The Morgan fingerprint density at radius 2 is 1.79 bits per heavy atom. The van der Waals surface area contributed by atoms with Gasteiger partial charge in [0.2, 0.25) is 0 Å². The summed E-state index contributed by atoms with van der Waals surface area (Å²) in [4.78, 5) is 4.25. The Morgan fingerprint density at radius 3 is 2.46 bits per heavy atom. The fourth-order valence-corrected chi connectivity index (χ4v) is 3.16. The predicted octanol–water partition coefficient (Wildman–Crippen LogP) is 4.71. The van der Waals surface area contributed by atoms with Crippen LogP contribution in [0.4, 0.5) is 18.9 Å². The molecule has 0 amide bonds. The number of nitrogens with zero attached hydrogens (tertiary/aromatic N) is 1. The SMILES string of the molecule is I.NC(=NCc1c(O)ccc2c1CCCC2)Nc1ccc(OC(F)(F)F)cc1. The number of nitrogens with two attached hydrogens (primary N) is 1. The standard InChI is InChI=1S/C19H20F3N3O2.HI/c20-19(21,22)27-14-8-6-13(7-9-14)25-18(23)24-11-16-15-4-2-1-3-12(15)5-10-17(16)26;/h5-10,26H,1-4,11H2,(H3,23,24,25);1H. The van der Waals surface area contributed by atoms with Crippen LogP contribution in [0.3, 0.4) is 0 Å². The molecule has 0 fully saturated rings. The second kappa shape index (κ2) is 9.35. The van der Waals surface area contributed by atoms with Crippen molar-refractivity contribution in [3.05, 3.63) is 53.1 Å². The maximum atomic E-state index is 12.2. The van der Waals surface area contributed by atoms with Gasteiger partial charge in [0.1, 0.15) is 11.5 Å². The van der Waals surface area contributed by atoms with Crippen molar-refractivity contribution in [1.82, 2.24) is 0 Å². The Hall–Kier alpha value is -2.17. The highest BCUT2D eigenvalue weighted by atomic mass is 127. The van der Waals surface area contributed by atoms with Crippen molar-refractivity contribution in [2.75, 3.05) is 5.32 Å². The van der Waals surface area contributed by atoms with Crippen LogP contribution in [0.5, 0.6) is 11.5 Å². The molecule has 0 saturated carbocycles. The van der Waals surface area contributed by atoms with Crippen LogP contribution in [0.1, 0.15) is 29.5 Å². The monoisotopic (exact) mass is 507 g/mol. The van der Waals surface area contributed by atoms with E-state index in [9.17, 15) is 18.3 Å². The molecule has 0 aliphatic heterocycles. The maximum absolute atomic E-state index is 12.2. The van der Waals surface area contributed by atoms with Gasteiger partial charge in [-0.05, 0) is 67.1 Å². The first-order valence-corrected chi connectivity index (χ1v) is 8.57. The zero-order valence-electron chi connectivity index (χ0n) is 14.9. The summed E-state index contributed by atoms with van der Waals surface area (Å²) in [5.74, 6) is -0.0162. The van der Waals surface area contributed by atoms with E-state index in [1.807, 2.05) is 6.07 Å². The lowest BCUT2D eigenvalue weighted by atomic mass is 9.88. The number of aromatic hydroxyl groups is 1. The number of halogens is 4. The summed E-state index contributed by atoms with van der Waals surface area (Å²) in [7, 11) is 0. The van der Waals surface area contributed by atoms with E-state index in [1.54, 1.807) is 6.07 Å². The summed E-state index contributed by atoms with van der Waals surface area (Å²) < 4.78 is 40.3. The fourth-order valence-electron chi connectivity index (χ4n) is 3.16. The van der Waals surface area contributed by atoms with E-state index in [-0.39, 0.29) is 48.0 Å². The maximum Gasteiger partial charge on any atom is 0.573 e. The highest BCUT2D eigenvalue weighted by Gasteiger charge is 2.30. The van der Waals surface area contributed by atoms with E-state index in [1.165, 1.54) is 29.8 Å². The number of hydrogen-bond donors (Lipinski definition) is 3. The third-order valence-corrected chi connectivity index (χ3v) is 4.39.